The molecule has 3 aromatic rings. The molecular formula is C19H18N6O2. The van der Waals surface area contributed by atoms with E-state index in [1.807, 2.05) is 18.2 Å². The first-order chi connectivity index (χ1) is 13.2. The van der Waals surface area contributed by atoms with Crippen molar-refractivity contribution in [3.8, 4) is 11.8 Å². The Bertz CT molecular complexity index is 1060. The number of hydrogen-bond donors (Lipinski definition) is 3. The zero-order valence-electron chi connectivity index (χ0n) is 14.4. The molecule has 0 saturated carbocycles. The van der Waals surface area contributed by atoms with Gasteiger partial charge in [0.1, 0.15) is 6.61 Å². The van der Waals surface area contributed by atoms with Crippen LogP contribution < -0.4 is 17.0 Å². The molecule has 0 aliphatic carbocycles. The first-order valence-corrected chi connectivity index (χ1v) is 8.18. The zero-order chi connectivity index (χ0) is 19.2. The molecule has 27 heavy (non-hydrogen) atoms. The molecule has 0 fully saturated rings. The van der Waals surface area contributed by atoms with Gasteiger partial charge in [-0.2, -0.15) is 9.94 Å². The lowest BCUT2D eigenvalue weighted by Crippen LogP contribution is -2.25. The van der Waals surface area contributed by atoms with Gasteiger partial charge in [-0.05, 0) is 41.5 Å². The van der Waals surface area contributed by atoms with E-state index in [0.29, 0.717) is 11.3 Å². The number of aliphatic hydroxyl groups excluding tert-OH is 1. The molecule has 0 saturated heterocycles. The van der Waals surface area contributed by atoms with Crippen LogP contribution in [0.1, 0.15) is 22.5 Å². The fourth-order valence-corrected chi connectivity index (χ4v) is 2.67. The van der Waals surface area contributed by atoms with Crippen LogP contribution >= 0.6 is 0 Å². The molecule has 0 amide bonds. The van der Waals surface area contributed by atoms with Crippen LogP contribution in [-0.2, 0) is 13.2 Å². The monoisotopic (exact) mass is 362 g/mol. The van der Waals surface area contributed by atoms with Crippen LogP contribution in [0.2, 0.25) is 0 Å². The number of hydrogen-bond acceptors (Lipinski definition) is 6. The van der Waals surface area contributed by atoms with Gasteiger partial charge >= 0.3 is 5.69 Å². The number of nitriles is 1. The van der Waals surface area contributed by atoms with Crippen molar-refractivity contribution in [1.82, 2.24) is 19.8 Å². The first-order valence-electron chi connectivity index (χ1n) is 8.18. The number of nitrogens with one attached hydrogen (secondary N) is 1. The van der Waals surface area contributed by atoms with Gasteiger partial charge in [-0.1, -0.05) is 24.3 Å². The number of aromatic nitrogens is 3. The minimum atomic E-state index is -0.372. The second-order valence-corrected chi connectivity index (χ2v) is 5.76. The smallest absolute Gasteiger partial charge is 0.351 e. The standard InChI is InChI=1S/C19H18N6O2/c20-11-15-2-1-3-16(10-15)12-24-18(13-26)23-25(19(24)27)17-6-4-14(5-7-17)8-9-22-21/h1-10,22,26H,12-13,21H2/b9-8+. The van der Waals surface area contributed by atoms with Gasteiger partial charge in [0.2, 0.25) is 0 Å². The van der Waals surface area contributed by atoms with E-state index in [2.05, 4.69) is 16.6 Å². The topological polar surface area (TPSA) is 122 Å². The summed E-state index contributed by atoms with van der Waals surface area (Å²) in [5.74, 6) is 5.45. The van der Waals surface area contributed by atoms with Gasteiger partial charge in [0.25, 0.3) is 0 Å². The third kappa shape index (κ3) is 3.95. The van der Waals surface area contributed by atoms with Gasteiger partial charge in [0.15, 0.2) is 5.82 Å². The molecule has 0 aliphatic rings. The summed E-state index contributed by atoms with van der Waals surface area (Å²) >= 11 is 0. The van der Waals surface area contributed by atoms with Crippen LogP contribution in [-0.4, -0.2) is 19.5 Å². The van der Waals surface area contributed by atoms with Crippen molar-refractivity contribution in [2.75, 3.05) is 0 Å². The Kier molecular flexibility index (Phi) is 5.47. The molecule has 0 radical (unpaired) electrons. The zero-order valence-corrected chi connectivity index (χ0v) is 14.4. The van der Waals surface area contributed by atoms with Gasteiger partial charge in [-0.15, -0.1) is 5.10 Å². The maximum Gasteiger partial charge on any atom is 0.351 e. The predicted molar refractivity (Wildman–Crippen MR) is 100 cm³/mol. The van der Waals surface area contributed by atoms with Crippen LogP contribution in [0.3, 0.4) is 0 Å². The Morgan fingerprint density at radius 3 is 2.70 bits per heavy atom. The van der Waals surface area contributed by atoms with E-state index in [1.165, 1.54) is 9.25 Å². The summed E-state index contributed by atoms with van der Waals surface area (Å²) in [7, 11) is 0. The third-order valence-electron chi connectivity index (χ3n) is 3.99. The summed E-state index contributed by atoms with van der Waals surface area (Å²) in [5.41, 5.74) is 4.82. The minimum Gasteiger partial charge on any atom is -0.388 e. The molecule has 1 aromatic heterocycles. The van der Waals surface area contributed by atoms with Crippen molar-refractivity contribution in [3.63, 3.8) is 0 Å². The van der Waals surface area contributed by atoms with Gasteiger partial charge in [-0.3, -0.25) is 10.4 Å². The van der Waals surface area contributed by atoms with Gasteiger partial charge in [0.05, 0.1) is 23.9 Å². The van der Waals surface area contributed by atoms with Crippen molar-refractivity contribution >= 4 is 6.08 Å². The quantitative estimate of drug-likeness (QED) is 0.442. The van der Waals surface area contributed by atoms with Crippen LogP contribution in [0, 0.1) is 11.3 Å². The highest BCUT2D eigenvalue weighted by atomic mass is 16.3. The van der Waals surface area contributed by atoms with Gasteiger partial charge < -0.3 is 10.5 Å². The fourth-order valence-electron chi connectivity index (χ4n) is 2.67. The van der Waals surface area contributed by atoms with E-state index in [0.717, 1.165) is 11.1 Å². The SMILES string of the molecule is N#Cc1cccc(Cn2c(CO)nn(-c3ccc(/C=C/NN)cc3)c2=O)c1. The number of benzene rings is 2. The highest BCUT2D eigenvalue weighted by molar-refractivity contribution is 5.51. The Hall–Kier alpha value is -3.67. The lowest BCUT2D eigenvalue weighted by molar-refractivity contribution is 0.265. The van der Waals surface area contributed by atoms with Gasteiger partial charge in [0, 0.05) is 6.20 Å². The molecule has 0 spiro atoms. The fraction of sp³-hybridized carbons (Fsp3) is 0.105. The molecule has 1 heterocycles. The third-order valence-corrected chi connectivity index (χ3v) is 3.99. The summed E-state index contributed by atoms with van der Waals surface area (Å²) in [4.78, 5) is 12.8. The number of rotatable bonds is 6. The molecule has 4 N–H and O–H groups in total. The Labute approximate surface area is 155 Å². The van der Waals surface area contributed by atoms with Crippen molar-refractivity contribution in [2.45, 2.75) is 13.2 Å². The van der Waals surface area contributed by atoms with Crippen molar-refractivity contribution in [1.29, 1.82) is 5.26 Å². The van der Waals surface area contributed by atoms with E-state index in [-0.39, 0.29) is 24.7 Å². The number of aliphatic hydroxyl groups is 1. The maximum atomic E-state index is 12.8. The molecule has 0 atom stereocenters. The second kappa shape index (κ2) is 8.14. The van der Waals surface area contributed by atoms with Crippen LogP contribution in [0.25, 0.3) is 11.8 Å². The predicted octanol–water partition coefficient (Wildman–Crippen LogP) is 0.880. The van der Waals surface area contributed by atoms with Crippen LogP contribution in [0.15, 0.2) is 59.5 Å². The molecule has 3 rings (SSSR count). The van der Waals surface area contributed by atoms with E-state index in [9.17, 15) is 9.90 Å². The van der Waals surface area contributed by atoms with Gasteiger partial charge in [-0.25, -0.2) is 4.79 Å². The molecular weight excluding hydrogens is 344 g/mol. The second-order valence-electron chi connectivity index (χ2n) is 5.76. The molecule has 2 aromatic carbocycles. The average molecular weight is 362 g/mol. The molecule has 0 aliphatic heterocycles. The molecule has 8 heteroatoms. The molecule has 0 bridgehead atoms. The maximum absolute atomic E-state index is 12.8. The molecule has 0 unspecified atom stereocenters. The number of nitrogens with two attached hydrogens (primary N) is 1. The summed E-state index contributed by atoms with van der Waals surface area (Å²) in [6.07, 6.45) is 3.38. The number of hydrazine groups is 1. The average Bonchev–Trinajstić information content (AvgIpc) is 3.02. The largest absolute Gasteiger partial charge is 0.388 e. The molecule has 136 valence electrons. The highest BCUT2D eigenvalue weighted by Crippen LogP contribution is 2.11. The lowest BCUT2D eigenvalue weighted by atomic mass is 10.1. The van der Waals surface area contributed by atoms with E-state index in [4.69, 9.17) is 11.1 Å². The van der Waals surface area contributed by atoms with Crippen LogP contribution in [0.5, 0.6) is 0 Å². The van der Waals surface area contributed by atoms with Crippen molar-refractivity contribution in [3.05, 3.63) is 87.7 Å². The first kappa shape index (κ1) is 18.1. The van der Waals surface area contributed by atoms with Crippen molar-refractivity contribution < 1.29 is 5.11 Å². The normalized spacial score (nSPS) is 10.9. The summed E-state index contributed by atoms with van der Waals surface area (Å²) in [6.45, 7) is -0.156. The van der Waals surface area contributed by atoms with E-state index >= 15 is 0 Å². The minimum absolute atomic E-state index is 0.216. The Morgan fingerprint density at radius 1 is 1.26 bits per heavy atom. The highest BCUT2D eigenvalue weighted by Gasteiger charge is 2.14. The number of nitrogens with zero attached hydrogens (tertiary/aromatic N) is 4. The lowest BCUT2D eigenvalue weighted by Gasteiger charge is -2.04. The Balaban J connectivity index is 1.96. The summed E-state index contributed by atoms with van der Waals surface area (Å²) in [6, 6.07) is 16.2. The van der Waals surface area contributed by atoms with E-state index in [1.54, 1.807) is 42.6 Å². The van der Waals surface area contributed by atoms with E-state index < -0.39 is 0 Å². The van der Waals surface area contributed by atoms with Crippen LogP contribution in [0.4, 0.5) is 0 Å². The molecule has 8 nitrogen and oxygen atoms in total. The van der Waals surface area contributed by atoms with Crippen molar-refractivity contribution in [2.24, 2.45) is 5.84 Å². The summed E-state index contributed by atoms with van der Waals surface area (Å²) in [5, 5.41) is 22.9. The summed E-state index contributed by atoms with van der Waals surface area (Å²) < 4.78 is 2.64. The Morgan fingerprint density at radius 2 is 2.04 bits per heavy atom.